The van der Waals surface area contributed by atoms with Crippen molar-refractivity contribution in [2.45, 2.75) is 11.8 Å². The summed E-state index contributed by atoms with van der Waals surface area (Å²) in [5, 5.41) is 29.3. The van der Waals surface area contributed by atoms with Crippen molar-refractivity contribution in [3.63, 3.8) is 0 Å². The summed E-state index contributed by atoms with van der Waals surface area (Å²) in [5.74, 6) is 2.27. The van der Waals surface area contributed by atoms with Crippen LogP contribution < -0.4 is 0 Å². The van der Waals surface area contributed by atoms with E-state index >= 15 is 0 Å². The minimum Gasteiger partial charge on any atom is -0.504 e. The molecule has 0 spiro atoms. The van der Waals surface area contributed by atoms with E-state index in [0.717, 1.165) is 11.1 Å². The Morgan fingerprint density at radius 3 is 2.50 bits per heavy atom. The zero-order valence-corrected chi connectivity index (χ0v) is 11.7. The second-order valence-corrected chi connectivity index (χ2v) is 5.10. The molecule has 2 rings (SSSR count). The number of rotatable bonds is 2. The molecule has 20 heavy (non-hydrogen) atoms. The molecule has 4 heteroatoms. The molecule has 0 atom stereocenters. The Morgan fingerprint density at radius 2 is 1.85 bits per heavy atom. The average Bonchev–Trinajstić information content (AvgIpc) is 2.45. The van der Waals surface area contributed by atoms with Crippen LogP contribution in [-0.4, -0.2) is 16.4 Å². The summed E-state index contributed by atoms with van der Waals surface area (Å²) in [6, 6.07) is 10.8. The molecule has 0 radical (unpaired) electrons. The normalized spacial score (nSPS) is 9.65. The van der Waals surface area contributed by atoms with Crippen molar-refractivity contribution in [2.75, 3.05) is 0 Å². The lowest BCUT2D eigenvalue weighted by Crippen LogP contribution is -1.84. The first-order chi connectivity index (χ1) is 9.60. The van der Waals surface area contributed by atoms with Crippen LogP contribution in [0.4, 0.5) is 0 Å². The van der Waals surface area contributed by atoms with Gasteiger partial charge in [-0.15, -0.1) is 0 Å². The molecule has 0 aliphatic carbocycles. The molecule has 0 heterocycles. The first-order valence-electron chi connectivity index (χ1n) is 5.91. The second-order valence-electron chi connectivity index (χ2n) is 4.22. The van der Waals surface area contributed by atoms with Crippen LogP contribution in [0.3, 0.4) is 0 Å². The SMILES string of the molecule is Cc1ccc(SC#Cc2cc(C=N)cc(O)c2O)cc1. The minimum atomic E-state index is -0.268. The van der Waals surface area contributed by atoms with E-state index in [-0.39, 0.29) is 11.5 Å². The topological polar surface area (TPSA) is 64.3 Å². The maximum absolute atomic E-state index is 9.71. The largest absolute Gasteiger partial charge is 0.504 e. The van der Waals surface area contributed by atoms with Gasteiger partial charge >= 0.3 is 0 Å². The molecule has 2 aromatic carbocycles. The Morgan fingerprint density at radius 1 is 1.15 bits per heavy atom. The lowest BCUT2D eigenvalue weighted by Gasteiger charge is -2.02. The van der Waals surface area contributed by atoms with E-state index in [0.29, 0.717) is 11.1 Å². The van der Waals surface area contributed by atoms with Gasteiger partial charge in [0, 0.05) is 11.1 Å². The van der Waals surface area contributed by atoms with Crippen LogP contribution in [0.2, 0.25) is 0 Å². The highest BCUT2D eigenvalue weighted by molar-refractivity contribution is 8.03. The summed E-state index contributed by atoms with van der Waals surface area (Å²) in [5.41, 5.74) is 1.98. The van der Waals surface area contributed by atoms with Crippen molar-refractivity contribution in [1.29, 1.82) is 5.41 Å². The van der Waals surface area contributed by atoms with Crippen LogP contribution >= 0.6 is 11.8 Å². The van der Waals surface area contributed by atoms with E-state index < -0.39 is 0 Å². The fourth-order valence-corrected chi connectivity index (χ4v) is 2.12. The maximum Gasteiger partial charge on any atom is 0.173 e. The molecular formula is C16H13NO2S. The van der Waals surface area contributed by atoms with Crippen molar-refractivity contribution in [1.82, 2.24) is 0 Å². The van der Waals surface area contributed by atoms with Crippen molar-refractivity contribution >= 4 is 18.0 Å². The number of hydrogen-bond donors (Lipinski definition) is 3. The third-order valence-electron chi connectivity index (χ3n) is 2.65. The van der Waals surface area contributed by atoms with Crippen LogP contribution in [0, 0.1) is 23.5 Å². The number of thioether (sulfide) groups is 1. The molecule has 0 saturated carbocycles. The first kappa shape index (κ1) is 14.0. The number of nitrogens with one attached hydrogen (secondary N) is 1. The molecule has 0 aromatic heterocycles. The highest BCUT2D eigenvalue weighted by Crippen LogP contribution is 2.29. The summed E-state index contributed by atoms with van der Waals surface area (Å²) < 4.78 is 0. The lowest BCUT2D eigenvalue weighted by molar-refractivity contribution is 0.402. The van der Waals surface area contributed by atoms with Crippen LogP contribution in [-0.2, 0) is 0 Å². The van der Waals surface area contributed by atoms with E-state index in [1.165, 1.54) is 23.4 Å². The van der Waals surface area contributed by atoms with Crippen molar-refractivity contribution in [2.24, 2.45) is 0 Å². The van der Waals surface area contributed by atoms with Gasteiger partial charge in [0.1, 0.15) is 0 Å². The summed E-state index contributed by atoms with van der Waals surface area (Å²) in [4.78, 5) is 1.01. The van der Waals surface area contributed by atoms with Gasteiger partial charge in [-0.3, -0.25) is 0 Å². The molecule has 0 bridgehead atoms. The maximum atomic E-state index is 9.71. The highest BCUT2D eigenvalue weighted by Gasteiger charge is 2.06. The summed E-state index contributed by atoms with van der Waals surface area (Å²) in [6.07, 6.45) is 1.09. The molecule has 3 N–H and O–H groups in total. The standard InChI is InChI=1S/C16H13NO2S/c1-11-2-4-14(5-3-11)20-7-6-13-8-12(10-17)9-15(18)16(13)19/h2-5,8-10,17-19H,1H3. The van der Waals surface area contributed by atoms with Crippen LogP contribution in [0.5, 0.6) is 11.5 Å². The van der Waals surface area contributed by atoms with E-state index in [4.69, 9.17) is 5.41 Å². The molecule has 0 fully saturated rings. The molecule has 0 saturated heterocycles. The second kappa shape index (κ2) is 6.18. The number of phenols is 2. The molecule has 0 aliphatic rings. The van der Waals surface area contributed by atoms with Gasteiger partial charge < -0.3 is 15.6 Å². The monoisotopic (exact) mass is 283 g/mol. The Labute approximate surface area is 121 Å². The highest BCUT2D eigenvalue weighted by atomic mass is 32.2. The Bertz CT molecular complexity index is 697. The summed E-state index contributed by atoms with van der Waals surface area (Å²) in [7, 11) is 0. The van der Waals surface area contributed by atoms with E-state index in [2.05, 4.69) is 11.2 Å². The van der Waals surface area contributed by atoms with Gasteiger partial charge in [-0.2, -0.15) is 0 Å². The zero-order chi connectivity index (χ0) is 14.5. The molecule has 0 unspecified atom stereocenters. The smallest absolute Gasteiger partial charge is 0.173 e. The third kappa shape index (κ3) is 3.34. The number of hydrogen-bond acceptors (Lipinski definition) is 4. The van der Waals surface area contributed by atoms with Crippen LogP contribution in [0.1, 0.15) is 16.7 Å². The average molecular weight is 283 g/mol. The van der Waals surface area contributed by atoms with Gasteiger partial charge in [-0.1, -0.05) is 23.6 Å². The summed E-state index contributed by atoms with van der Waals surface area (Å²) in [6.45, 7) is 2.02. The third-order valence-corrected chi connectivity index (χ3v) is 3.37. The van der Waals surface area contributed by atoms with Crippen molar-refractivity contribution < 1.29 is 10.2 Å². The van der Waals surface area contributed by atoms with E-state index in [9.17, 15) is 10.2 Å². The fraction of sp³-hybridized carbons (Fsp3) is 0.0625. The number of aromatic hydroxyl groups is 2. The molecule has 2 aromatic rings. The fourth-order valence-electron chi connectivity index (χ4n) is 1.57. The number of benzene rings is 2. The molecule has 3 nitrogen and oxygen atoms in total. The van der Waals surface area contributed by atoms with E-state index in [1.807, 2.05) is 31.2 Å². The van der Waals surface area contributed by atoms with Gasteiger partial charge in [0.05, 0.1) is 5.56 Å². The summed E-state index contributed by atoms with van der Waals surface area (Å²) >= 11 is 1.34. The molecule has 0 aliphatic heterocycles. The quantitative estimate of drug-likeness (QED) is 0.342. The Hall–Kier alpha value is -2.38. The Kier molecular flexibility index (Phi) is 4.34. The van der Waals surface area contributed by atoms with Crippen LogP contribution in [0.25, 0.3) is 0 Å². The Balaban J connectivity index is 2.22. The predicted molar refractivity (Wildman–Crippen MR) is 81.6 cm³/mol. The van der Waals surface area contributed by atoms with Gasteiger partial charge in [-0.25, -0.2) is 0 Å². The number of aryl methyl sites for hydroxylation is 1. The predicted octanol–water partition coefficient (Wildman–Crippen LogP) is 3.51. The van der Waals surface area contributed by atoms with Gasteiger partial charge in [-0.05, 0) is 53.8 Å². The van der Waals surface area contributed by atoms with Crippen molar-refractivity contribution in [3.8, 4) is 22.7 Å². The molecular weight excluding hydrogens is 270 g/mol. The molecule has 100 valence electrons. The van der Waals surface area contributed by atoms with Crippen molar-refractivity contribution in [3.05, 3.63) is 53.1 Å². The minimum absolute atomic E-state index is 0.257. The van der Waals surface area contributed by atoms with Gasteiger partial charge in [0.25, 0.3) is 0 Å². The van der Waals surface area contributed by atoms with Gasteiger partial charge in [0.2, 0.25) is 0 Å². The molecule has 0 amide bonds. The first-order valence-corrected chi connectivity index (χ1v) is 6.73. The lowest BCUT2D eigenvalue weighted by atomic mass is 10.1. The number of phenolic OH excluding ortho intramolecular Hbond substituents is 2. The van der Waals surface area contributed by atoms with Gasteiger partial charge in [0.15, 0.2) is 11.5 Å². The zero-order valence-electron chi connectivity index (χ0n) is 10.8. The van der Waals surface area contributed by atoms with E-state index in [1.54, 1.807) is 6.07 Å². The van der Waals surface area contributed by atoms with Crippen LogP contribution in [0.15, 0.2) is 41.3 Å².